The Hall–Kier alpha value is -3.86. The molecule has 1 aliphatic carbocycles. The van der Waals surface area contributed by atoms with Crippen molar-refractivity contribution < 1.29 is 9.59 Å². The van der Waals surface area contributed by atoms with Gasteiger partial charge in [0.25, 0.3) is 11.8 Å². The number of hydrogen-bond donors (Lipinski definition) is 2. The first-order valence-corrected chi connectivity index (χ1v) is 11.8. The van der Waals surface area contributed by atoms with Gasteiger partial charge in [-0.25, -0.2) is 0 Å². The smallest absolute Gasteiger partial charge is 0.252 e. The van der Waals surface area contributed by atoms with Crippen molar-refractivity contribution in [2.24, 2.45) is 0 Å². The van der Waals surface area contributed by atoms with Gasteiger partial charge in [-0.05, 0) is 53.8 Å². The maximum atomic E-state index is 11.6. The molecule has 3 heterocycles. The molecule has 1 aromatic heterocycles. The summed E-state index contributed by atoms with van der Waals surface area (Å²) in [7, 11) is 0. The second-order valence-corrected chi connectivity index (χ2v) is 7.75. The minimum atomic E-state index is 0.0435. The van der Waals surface area contributed by atoms with Crippen molar-refractivity contribution in [1.29, 1.82) is 0 Å². The van der Waals surface area contributed by atoms with E-state index in [2.05, 4.69) is 59.7 Å². The minimum absolute atomic E-state index is 0.0435. The monoisotopic (exact) mass is 455 g/mol. The minimum Gasteiger partial charge on any atom is -0.348 e. The van der Waals surface area contributed by atoms with Gasteiger partial charge in [-0.3, -0.25) is 9.59 Å². The van der Waals surface area contributed by atoms with Crippen molar-refractivity contribution in [3.8, 4) is 0 Å². The Labute approximate surface area is 201 Å². The lowest BCUT2D eigenvalue weighted by Gasteiger charge is -2.18. The third-order valence-corrected chi connectivity index (χ3v) is 5.90. The molecular weight excluding hydrogens is 422 g/mol. The van der Waals surface area contributed by atoms with Crippen molar-refractivity contribution in [3.05, 3.63) is 102 Å². The summed E-state index contributed by atoms with van der Waals surface area (Å²) in [4.78, 5) is 23.1. The Morgan fingerprint density at radius 1 is 0.912 bits per heavy atom. The van der Waals surface area contributed by atoms with Gasteiger partial charge in [0.15, 0.2) is 0 Å². The number of allylic oxidation sites excluding steroid dienone is 3. The standard InChI is InChI=1S/C12H12N2O.C11H9NO.C4H6.C2H6/c1-2-14-7-8-6-13-12(15)9-4-3-5-10(14)11(8)9;13-11-9-3-1-2-7-4-5-8(6-12-11)10(7)9;1-3-4-2;1-2/h3-5,7H,2,6H2,1H3,(H,13,15);1-3,5H,4,6H2,(H,12,13);3-4H,1-2H2;1-2H3. The normalized spacial score (nSPS) is 13.9. The van der Waals surface area contributed by atoms with Crippen LogP contribution in [0.25, 0.3) is 16.5 Å². The summed E-state index contributed by atoms with van der Waals surface area (Å²) >= 11 is 0. The molecule has 176 valence electrons. The lowest BCUT2D eigenvalue weighted by Crippen LogP contribution is -2.30. The average Bonchev–Trinajstić information content (AvgIpc) is 3.48. The Bertz CT molecular complexity index is 1260. The molecule has 0 saturated heterocycles. The van der Waals surface area contributed by atoms with Crippen LogP contribution < -0.4 is 10.6 Å². The predicted octanol–water partition coefficient (Wildman–Crippen LogP) is 5.66. The fourth-order valence-corrected chi connectivity index (χ4v) is 4.40. The number of rotatable bonds is 2. The van der Waals surface area contributed by atoms with Crippen molar-refractivity contribution in [1.82, 2.24) is 15.2 Å². The maximum absolute atomic E-state index is 11.6. The van der Waals surface area contributed by atoms with Crippen molar-refractivity contribution >= 4 is 28.3 Å². The third kappa shape index (κ3) is 4.74. The van der Waals surface area contributed by atoms with Gasteiger partial charge in [-0.15, -0.1) is 0 Å². The highest BCUT2D eigenvalue weighted by Crippen LogP contribution is 2.32. The van der Waals surface area contributed by atoms with Gasteiger partial charge in [0.05, 0.1) is 0 Å². The first-order chi connectivity index (χ1) is 16.6. The average molecular weight is 456 g/mol. The SMILES string of the molecule is C=CC=C.CC.CCn1cc2c3c(cccc31)C(=O)NC2.O=C1NCC2=CCc3cccc1c32. The fraction of sp³-hybridized carbons (Fsp3) is 0.241. The molecule has 0 radical (unpaired) electrons. The van der Waals surface area contributed by atoms with E-state index in [1.807, 2.05) is 38.1 Å². The van der Waals surface area contributed by atoms with E-state index in [0.717, 1.165) is 29.5 Å². The number of amides is 2. The fourth-order valence-electron chi connectivity index (χ4n) is 4.40. The van der Waals surface area contributed by atoms with Crippen LogP contribution in [0.1, 0.15) is 58.2 Å². The van der Waals surface area contributed by atoms with Crippen LogP contribution in [0.3, 0.4) is 0 Å². The van der Waals surface area contributed by atoms with E-state index >= 15 is 0 Å². The number of carbonyl (C=O) groups excluding carboxylic acids is 2. The zero-order chi connectivity index (χ0) is 24.7. The molecule has 3 aliphatic rings. The van der Waals surface area contributed by atoms with Crippen LogP contribution in [0.15, 0.2) is 74.0 Å². The Kier molecular flexibility index (Phi) is 8.25. The second kappa shape index (κ2) is 11.3. The molecule has 0 fully saturated rings. The predicted molar refractivity (Wildman–Crippen MR) is 141 cm³/mol. The molecule has 6 rings (SSSR count). The number of aromatic nitrogens is 1. The molecule has 0 spiro atoms. The topological polar surface area (TPSA) is 63.1 Å². The van der Waals surface area contributed by atoms with E-state index in [1.165, 1.54) is 27.8 Å². The molecular formula is C29H33N3O2. The molecule has 5 nitrogen and oxygen atoms in total. The van der Waals surface area contributed by atoms with Gasteiger partial charge < -0.3 is 15.2 Å². The lowest BCUT2D eigenvalue weighted by molar-refractivity contribution is 0.0943. The summed E-state index contributed by atoms with van der Waals surface area (Å²) in [6.07, 6.45) is 8.59. The van der Waals surface area contributed by atoms with Crippen LogP contribution in [0.5, 0.6) is 0 Å². The largest absolute Gasteiger partial charge is 0.348 e. The van der Waals surface area contributed by atoms with E-state index in [1.54, 1.807) is 12.2 Å². The maximum Gasteiger partial charge on any atom is 0.252 e. The Morgan fingerprint density at radius 2 is 1.56 bits per heavy atom. The molecule has 0 saturated carbocycles. The number of carbonyl (C=O) groups is 2. The summed E-state index contributed by atoms with van der Waals surface area (Å²) in [5.74, 6) is 0.109. The van der Waals surface area contributed by atoms with Gasteiger partial charge in [-0.1, -0.05) is 63.4 Å². The van der Waals surface area contributed by atoms with Gasteiger partial charge in [0.2, 0.25) is 0 Å². The molecule has 3 aromatic rings. The molecule has 0 unspecified atom stereocenters. The quantitative estimate of drug-likeness (QED) is 0.490. The molecule has 0 bridgehead atoms. The highest BCUT2D eigenvalue weighted by Gasteiger charge is 2.25. The van der Waals surface area contributed by atoms with Crippen molar-refractivity contribution in [2.75, 3.05) is 6.54 Å². The van der Waals surface area contributed by atoms with Crippen LogP contribution in [0, 0.1) is 0 Å². The van der Waals surface area contributed by atoms with Gasteiger partial charge in [0, 0.05) is 47.9 Å². The van der Waals surface area contributed by atoms with Gasteiger partial charge in [0.1, 0.15) is 0 Å². The van der Waals surface area contributed by atoms with Crippen LogP contribution in [0.2, 0.25) is 0 Å². The van der Waals surface area contributed by atoms with E-state index in [-0.39, 0.29) is 11.8 Å². The lowest BCUT2D eigenvalue weighted by atomic mass is 9.95. The van der Waals surface area contributed by atoms with Crippen LogP contribution in [-0.4, -0.2) is 22.9 Å². The summed E-state index contributed by atoms with van der Waals surface area (Å²) in [6, 6.07) is 11.9. The van der Waals surface area contributed by atoms with Crippen molar-refractivity contribution in [2.45, 2.75) is 40.3 Å². The Morgan fingerprint density at radius 3 is 2.26 bits per heavy atom. The van der Waals surface area contributed by atoms with Gasteiger partial charge in [-0.2, -0.15) is 0 Å². The first kappa shape index (κ1) is 24.8. The van der Waals surface area contributed by atoms with Gasteiger partial charge >= 0.3 is 0 Å². The third-order valence-electron chi connectivity index (χ3n) is 5.90. The number of aryl methyl sites for hydroxylation is 1. The zero-order valence-corrected chi connectivity index (χ0v) is 20.3. The van der Waals surface area contributed by atoms with Crippen LogP contribution in [0.4, 0.5) is 0 Å². The molecule has 0 atom stereocenters. The van der Waals surface area contributed by atoms with Crippen LogP contribution >= 0.6 is 0 Å². The van der Waals surface area contributed by atoms with Crippen LogP contribution in [-0.2, 0) is 19.5 Å². The highest BCUT2D eigenvalue weighted by atomic mass is 16.2. The summed E-state index contributed by atoms with van der Waals surface area (Å²) in [5, 5.41) is 6.88. The molecule has 2 aliphatic heterocycles. The van der Waals surface area contributed by atoms with E-state index in [9.17, 15) is 9.59 Å². The first-order valence-electron chi connectivity index (χ1n) is 11.8. The van der Waals surface area contributed by atoms with E-state index in [4.69, 9.17) is 0 Å². The Balaban J connectivity index is 0.000000157. The number of hydrogen-bond acceptors (Lipinski definition) is 2. The number of nitrogens with zero attached hydrogens (tertiary/aromatic N) is 1. The zero-order valence-electron chi connectivity index (χ0n) is 20.3. The number of benzene rings is 2. The summed E-state index contributed by atoms with van der Waals surface area (Å²) in [5.41, 5.74) is 7.80. The van der Waals surface area contributed by atoms with E-state index < -0.39 is 0 Å². The molecule has 2 aromatic carbocycles. The van der Waals surface area contributed by atoms with E-state index in [0.29, 0.717) is 13.1 Å². The van der Waals surface area contributed by atoms with Crippen molar-refractivity contribution in [3.63, 3.8) is 0 Å². The molecule has 34 heavy (non-hydrogen) atoms. The second-order valence-electron chi connectivity index (χ2n) is 7.75. The molecule has 5 heteroatoms. The summed E-state index contributed by atoms with van der Waals surface area (Å²) < 4.78 is 2.19. The molecule has 2 N–H and O–H groups in total. The summed E-state index contributed by atoms with van der Waals surface area (Å²) in [6.45, 7) is 15.1. The highest BCUT2D eigenvalue weighted by molar-refractivity contribution is 6.09. The number of nitrogens with one attached hydrogen (secondary N) is 2. The molecule has 2 amide bonds.